The van der Waals surface area contributed by atoms with Gasteiger partial charge in [-0.15, -0.1) is 10.2 Å². The number of aliphatic hydroxyl groups excluding tert-OH is 1. The lowest BCUT2D eigenvalue weighted by molar-refractivity contribution is -0.113. The Kier molecular flexibility index (Phi) is 6.57. The van der Waals surface area contributed by atoms with Crippen LogP contribution in [0.3, 0.4) is 0 Å². The number of hydrogen-bond acceptors (Lipinski definition) is 9. The number of nitrogens with one attached hydrogen (secondary N) is 1. The summed E-state index contributed by atoms with van der Waals surface area (Å²) in [5.41, 5.74) is -1.13. The van der Waals surface area contributed by atoms with Crippen LogP contribution in [0.5, 0.6) is 5.75 Å². The lowest BCUT2D eigenvalue weighted by Crippen LogP contribution is -2.14. The van der Waals surface area contributed by atoms with Crippen molar-refractivity contribution in [3.05, 3.63) is 53.9 Å². The maximum absolute atomic E-state index is 12.3. The fraction of sp³-hybridized carbons (Fsp3) is 0.0625. The van der Waals surface area contributed by atoms with E-state index in [1.165, 1.54) is 0 Å². The van der Waals surface area contributed by atoms with E-state index in [0.29, 0.717) is 17.8 Å². The Hall–Kier alpha value is -3.33. The van der Waals surface area contributed by atoms with Crippen LogP contribution in [0.1, 0.15) is 6.92 Å². The Morgan fingerprint density at radius 1 is 1.00 bits per heavy atom. The monoisotopic (exact) mass is 457 g/mol. The van der Waals surface area contributed by atoms with Crippen LogP contribution in [0.15, 0.2) is 73.9 Å². The number of aromatic hydroxyl groups is 1. The van der Waals surface area contributed by atoms with Crippen LogP contribution in [0.25, 0.3) is 0 Å². The molecule has 0 bridgehead atoms. The Morgan fingerprint density at radius 3 is 2.10 bits per heavy atom. The second kappa shape index (κ2) is 8.58. The maximum Gasteiger partial charge on any atom is 0.298 e. The standard InChI is InChI=1S/C16H15N3O9S2/c1-9(20)14(16(22)17-10-5-3-2-4-6-10)19-18-12-7-11(29(23,24)25)8-13(15(12)21)30(26,27)28/h2-8,20-21H,1H3,(H,17,22)(H,23,24,25)(H,26,27,28)/b14-9+,19-18?. The molecule has 2 rings (SSSR count). The lowest BCUT2D eigenvalue weighted by Gasteiger charge is -2.08. The van der Waals surface area contributed by atoms with Crippen molar-refractivity contribution in [2.24, 2.45) is 10.2 Å². The molecule has 160 valence electrons. The number of azo groups is 1. The molecule has 0 unspecified atom stereocenters. The molecular weight excluding hydrogens is 442 g/mol. The van der Waals surface area contributed by atoms with Gasteiger partial charge in [-0.2, -0.15) is 16.8 Å². The van der Waals surface area contributed by atoms with Gasteiger partial charge in [0.25, 0.3) is 26.1 Å². The third kappa shape index (κ3) is 5.60. The van der Waals surface area contributed by atoms with Gasteiger partial charge < -0.3 is 15.5 Å². The molecule has 0 saturated heterocycles. The zero-order chi connectivity index (χ0) is 22.7. The second-order valence-electron chi connectivity index (χ2n) is 5.69. The molecule has 5 N–H and O–H groups in total. The average Bonchev–Trinajstić information content (AvgIpc) is 2.61. The minimum absolute atomic E-state index is 0.301. The van der Waals surface area contributed by atoms with Crippen LogP contribution in [0, 0.1) is 0 Å². The van der Waals surface area contributed by atoms with E-state index in [1.54, 1.807) is 30.3 Å². The van der Waals surface area contributed by atoms with E-state index in [9.17, 15) is 31.8 Å². The molecule has 0 aromatic heterocycles. The molecule has 0 aliphatic rings. The van der Waals surface area contributed by atoms with Gasteiger partial charge in [0.05, 0.1) is 4.90 Å². The quantitative estimate of drug-likeness (QED) is 0.187. The average molecular weight is 457 g/mol. The molecule has 0 spiro atoms. The summed E-state index contributed by atoms with van der Waals surface area (Å²) >= 11 is 0. The predicted octanol–water partition coefficient (Wildman–Crippen LogP) is 2.40. The summed E-state index contributed by atoms with van der Waals surface area (Å²) in [6, 6.07) is 8.88. The van der Waals surface area contributed by atoms with E-state index >= 15 is 0 Å². The summed E-state index contributed by atoms with van der Waals surface area (Å²) in [5.74, 6) is -2.73. The molecule has 0 radical (unpaired) electrons. The van der Waals surface area contributed by atoms with Gasteiger partial charge in [-0.1, -0.05) is 18.2 Å². The van der Waals surface area contributed by atoms with Crippen molar-refractivity contribution in [2.75, 3.05) is 5.32 Å². The van der Waals surface area contributed by atoms with Crippen LogP contribution < -0.4 is 5.32 Å². The Morgan fingerprint density at radius 2 is 1.60 bits per heavy atom. The SMILES string of the molecule is C/C(O)=C(\N=Nc1cc(S(=O)(=O)O)cc(S(=O)(=O)O)c1O)C(=O)Nc1ccccc1. The predicted molar refractivity (Wildman–Crippen MR) is 103 cm³/mol. The molecule has 0 aliphatic carbocycles. The topological polar surface area (TPSA) is 203 Å². The number of nitrogens with zero attached hydrogens (tertiary/aromatic N) is 2. The van der Waals surface area contributed by atoms with Crippen molar-refractivity contribution in [1.29, 1.82) is 0 Å². The second-order valence-corrected chi connectivity index (χ2v) is 8.50. The molecule has 12 nitrogen and oxygen atoms in total. The van der Waals surface area contributed by atoms with Crippen LogP contribution in [-0.2, 0) is 25.0 Å². The summed E-state index contributed by atoms with van der Waals surface area (Å²) in [7, 11) is -10.1. The van der Waals surface area contributed by atoms with E-state index in [-0.39, 0.29) is 0 Å². The van der Waals surface area contributed by atoms with Gasteiger partial charge in [-0.05, 0) is 31.2 Å². The molecule has 30 heavy (non-hydrogen) atoms. The fourth-order valence-electron chi connectivity index (χ4n) is 2.09. The Balaban J connectivity index is 2.53. The highest BCUT2D eigenvalue weighted by Gasteiger charge is 2.24. The third-order valence-electron chi connectivity index (χ3n) is 3.45. The van der Waals surface area contributed by atoms with Crippen molar-refractivity contribution in [3.8, 4) is 5.75 Å². The highest BCUT2D eigenvalue weighted by Crippen LogP contribution is 2.36. The summed E-state index contributed by atoms with van der Waals surface area (Å²) in [6.45, 7) is 1.09. The zero-order valence-corrected chi connectivity index (χ0v) is 16.7. The largest absolute Gasteiger partial charge is 0.510 e. The number of carbonyl (C=O) groups is 1. The first-order valence-electron chi connectivity index (χ1n) is 7.80. The summed E-state index contributed by atoms with van der Waals surface area (Å²) in [6.07, 6.45) is 0. The minimum Gasteiger partial charge on any atom is -0.510 e. The molecule has 0 fully saturated rings. The number of amides is 1. The number of para-hydroxylation sites is 1. The molecule has 0 aliphatic heterocycles. The van der Waals surface area contributed by atoms with Crippen molar-refractivity contribution in [1.82, 2.24) is 0 Å². The molecule has 0 saturated carbocycles. The van der Waals surface area contributed by atoms with Crippen molar-refractivity contribution in [3.63, 3.8) is 0 Å². The molecule has 14 heteroatoms. The molecule has 0 heterocycles. The molecule has 1 amide bonds. The molecular formula is C16H15N3O9S2. The number of carbonyl (C=O) groups excluding carboxylic acids is 1. The van der Waals surface area contributed by atoms with E-state index < -0.39 is 58.8 Å². The number of hydrogen-bond donors (Lipinski definition) is 5. The summed E-state index contributed by atoms with van der Waals surface area (Å²) in [4.78, 5) is 10.00. The number of rotatable bonds is 6. The number of anilines is 1. The Bertz CT molecular complexity index is 1250. The van der Waals surface area contributed by atoms with Gasteiger partial charge in [0.1, 0.15) is 16.3 Å². The summed E-state index contributed by atoms with van der Waals surface area (Å²) in [5, 5.41) is 28.9. The number of benzene rings is 2. The summed E-state index contributed by atoms with van der Waals surface area (Å²) < 4.78 is 63.7. The van der Waals surface area contributed by atoms with Crippen molar-refractivity contribution < 1.29 is 40.9 Å². The van der Waals surface area contributed by atoms with Gasteiger partial charge in [0, 0.05) is 5.69 Å². The maximum atomic E-state index is 12.3. The molecule has 2 aromatic rings. The lowest BCUT2D eigenvalue weighted by atomic mass is 10.3. The minimum atomic E-state index is -5.12. The van der Waals surface area contributed by atoms with Gasteiger partial charge >= 0.3 is 0 Å². The normalized spacial score (nSPS) is 13.2. The van der Waals surface area contributed by atoms with Gasteiger partial charge in [-0.25, -0.2) is 0 Å². The number of allylic oxidation sites excluding steroid dienone is 1. The van der Waals surface area contributed by atoms with Gasteiger partial charge in [-0.3, -0.25) is 13.9 Å². The first-order chi connectivity index (χ1) is 13.8. The zero-order valence-electron chi connectivity index (χ0n) is 15.1. The van der Waals surface area contributed by atoms with E-state index in [1.807, 2.05) is 0 Å². The number of aliphatic hydroxyl groups is 1. The van der Waals surface area contributed by atoms with Gasteiger partial charge in [0.2, 0.25) is 0 Å². The van der Waals surface area contributed by atoms with E-state index in [4.69, 9.17) is 9.11 Å². The van der Waals surface area contributed by atoms with Crippen molar-refractivity contribution in [2.45, 2.75) is 16.7 Å². The van der Waals surface area contributed by atoms with Crippen LogP contribution in [-0.4, -0.2) is 42.1 Å². The third-order valence-corrected chi connectivity index (χ3v) is 5.15. The van der Waals surface area contributed by atoms with E-state index in [0.717, 1.165) is 6.92 Å². The molecule has 0 atom stereocenters. The highest BCUT2D eigenvalue weighted by molar-refractivity contribution is 7.86. The smallest absolute Gasteiger partial charge is 0.298 e. The first-order valence-corrected chi connectivity index (χ1v) is 10.7. The highest BCUT2D eigenvalue weighted by atomic mass is 32.2. The number of phenols is 1. The first kappa shape index (κ1) is 23.0. The van der Waals surface area contributed by atoms with E-state index in [2.05, 4.69) is 15.5 Å². The Labute approximate surface area is 170 Å². The van der Waals surface area contributed by atoms with Crippen LogP contribution in [0.2, 0.25) is 0 Å². The van der Waals surface area contributed by atoms with Crippen molar-refractivity contribution >= 4 is 37.5 Å². The number of phenolic OH excluding ortho intramolecular Hbond substituents is 1. The van der Waals surface area contributed by atoms with Gasteiger partial charge in [0.15, 0.2) is 11.4 Å². The fourth-order valence-corrected chi connectivity index (χ4v) is 3.31. The van der Waals surface area contributed by atoms with Crippen LogP contribution >= 0.6 is 0 Å². The van der Waals surface area contributed by atoms with Crippen LogP contribution in [0.4, 0.5) is 11.4 Å². The molecule has 2 aromatic carbocycles.